The molecule has 0 saturated carbocycles. The number of rotatable bonds is 2. The van der Waals surface area contributed by atoms with Gasteiger partial charge in [-0.1, -0.05) is 30.3 Å². The minimum absolute atomic E-state index is 0.00833. The van der Waals surface area contributed by atoms with Gasteiger partial charge in [-0.25, -0.2) is 4.98 Å². The van der Waals surface area contributed by atoms with Gasteiger partial charge in [0.2, 0.25) is 0 Å². The van der Waals surface area contributed by atoms with E-state index in [4.69, 9.17) is 0 Å². The lowest BCUT2D eigenvalue weighted by Crippen LogP contribution is -2.42. The highest BCUT2D eigenvalue weighted by molar-refractivity contribution is 5.93. The summed E-state index contributed by atoms with van der Waals surface area (Å²) < 4.78 is 4.09. The Hall–Kier alpha value is -2.82. The number of benzene rings is 1. The molecule has 122 valence electrons. The molecule has 1 aliphatic heterocycles. The first kappa shape index (κ1) is 14.8. The molecule has 24 heavy (non-hydrogen) atoms. The second-order valence-electron chi connectivity index (χ2n) is 6.29. The summed E-state index contributed by atoms with van der Waals surface area (Å²) >= 11 is 0. The molecule has 4 rings (SSSR count). The second-order valence-corrected chi connectivity index (χ2v) is 6.29. The minimum Gasteiger partial charge on any atom is -0.347 e. The van der Waals surface area contributed by atoms with Crippen molar-refractivity contribution in [2.75, 3.05) is 0 Å². The summed E-state index contributed by atoms with van der Waals surface area (Å²) in [6, 6.07) is 14.0. The number of aryl methyl sites for hydroxylation is 2. The van der Waals surface area contributed by atoms with Crippen molar-refractivity contribution in [2.24, 2.45) is 7.05 Å². The zero-order chi connectivity index (χ0) is 16.7. The Balaban J connectivity index is 1.77. The van der Waals surface area contributed by atoms with Gasteiger partial charge in [-0.2, -0.15) is 0 Å². The van der Waals surface area contributed by atoms with Crippen LogP contribution in [-0.4, -0.2) is 24.9 Å². The van der Waals surface area contributed by atoms with Crippen LogP contribution in [0.3, 0.4) is 0 Å². The molecule has 0 N–H and O–H groups in total. The molecule has 0 saturated heterocycles. The summed E-state index contributed by atoms with van der Waals surface area (Å²) in [6.45, 7) is 3.33. The Morgan fingerprint density at radius 2 is 1.96 bits per heavy atom. The van der Waals surface area contributed by atoms with Crippen LogP contribution in [0.5, 0.6) is 0 Å². The van der Waals surface area contributed by atoms with E-state index in [1.54, 1.807) is 0 Å². The maximum absolute atomic E-state index is 13.2. The third kappa shape index (κ3) is 2.33. The highest BCUT2D eigenvalue weighted by Crippen LogP contribution is 2.31. The van der Waals surface area contributed by atoms with Gasteiger partial charge in [0, 0.05) is 31.7 Å². The monoisotopic (exact) mass is 320 g/mol. The van der Waals surface area contributed by atoms with Crippen LogP contribution >= 0.6 is 0 Å². The lowest BCUT2D eigenvalue weighted by Gasteiger charge is -2.37. The van der Waals surface area contributed by atoms with Gasteiger partial charge in [0.15, 0.2) is 0 Å². The number of carbonyl (C=O) groups excluding carboxylic acids is 1. The van der Waals surface area contributed by atoms with Gasteiger partial charge >= 0.3 is 0 Å². The van der Waals surface area contributed by atoms with Gasteiger partial charge in [0.25, 0.3) is 5.91 Å². The molecule has 1 amide bonds. The zero-order valence-corrected chi connectivity index (χ0v) is 13.9. The molecule has 3 aromatic rings. The fourth-order valence-corrected chi connectivity index (χ4v) is 3.42. The van der Waals surface area contributed by atoms with Crippen LogP contribution in [0.25, 0.3) is 0 Å². The number of fused-ring (bicyclic) bond motifs is 1. The highest BCUT2D eigenvalue weighted by atomic mass is 16.2. The number of hydrogen-bond donors (Lipinski definition) is 0. The van der Waals surface area contributed by atoms with Crippen LogP contribution in [0.2, 0.25) is 0 Å². The van der Waals surface area contributed by atoms with E-state index in [0.29, 0.717) is 12.2 Å². The third-order valence-corrected chi connectivity index (χ3v) is 4.79. The SMILES string of the molecule is Cc1cnc2n1C[C@H](c1ccccc1)N(C(=O)c1cccn1C)C2. The Morgan fingerprint density at radius 3 is 2.67 bits per heavy atom. The summed E-state index contributed by atoms with van der Waals surface area (Å²) in [5.41, 5.74) is 2.99. The minimum atomic E-state index is 0.00833. The van der Waals surface area contributed by atoms with Crippen molar-refractivity contribution in [1.82, 2.24) is 19.0 Å². The average molecular weight is 320 g/mol. The van der Waals surface area contributed by atoms with Crippen LogP contribution in [0.1, 0.15) is 33.6 Å². The maximum atomic E-state index is 13.2. The van der Waals surface area contributed by atoms with Crippen molar-refractivity contribution >= 4 is 5.91 Å². The average Bonchev–Trinajstić information content (AvgIpc) is 3.20. The first-order valence-electron chi connectivity index (χ1n) is 8.13. The van der Waals surface area contributed by atoms with E-state index < -0.39 is 0 Å². The molecule has 3 heterocycles. The summed E-state index contributed by atoms with van der Waals surface area (Å²) in [7, 11) is 1.90. The van der Waals surface area contributed by atoms with Crippen molar-refractivity contribution in [3.8, 4) is 0 Å². The topological polar surface area (TPSA) is 43.1 Å². The van der Waals surface area contributed by atoms with Crippen LogP contribution in [-0.2, 0) is 20.1 Å². The fourth-order valence-electron chi connectivity index (χ4n) is 3.42. The lowest BCUT2D eigenvalue weighted by molar-refractivity contribution is 0.0573. The number of carbonyl (C=O) groups is 1. The van der Waals surface area contributed by atoms with Crippen molar-refractivity contribution < 1.29 is 4.79 Å². The van der Waals surface area contributed by atoms with E-state index in [2.05, 4.69) is 28.6 Å². The van der Waals surface area contributed by atoms with Gasteiger partial charge < -0.3 is 14.0 Å². The van der Waals surface area contributed by atoms with Gasteiger partial charge in [-0.15, -0.1) is 0 Å². The molecule has 5 nitrogen and oxygen atoms in total. The number of imidazole rings is 1. The molecule has 1 atom stereocenters. The molecule has 2 aromatic heterocycles. The summed E-state index contributed by atoms with van der Waals surface area (Å²) in [5, 5.41) is 0. The second kappa shape index (κ2) is 5.67. The van der Waals surface area contributed by atoms with E-state index >= 15 is 0 Å². The fraction of sp³-hybridized carbons (Fsp3) is 0.263. The van der Waals surface area contributed by atoms with E-state index in [-0.39, 0.29) is 11.9 Å². The summed E-state index contributed by atoms with van der Waals surface area (Å²) in [6.07, 6.45) is 3.79. The Bertz CT molecular complexity index is 878. The quantitative estimate of drug-likeness (QED) is 0.728. The largest absolute Gasteiger partial charge is 0.347 e. The summed E-state index contributed by atoms with van der Waals surface area (Å²) in [5.74, 6) is 0.991. The van der Waals surface area contributed by atoms with Gasteiger partial charge in [0.05, 0.1) is 12.6 Å². The molecule has 0 fully saturated rings. The molecule has 5 heteroatoms. The molecule has 1 aromatic carbocycles. The standard InChI is InChI=1S/C19H20N4O/c1-14-11-20-18-13-23(19(24)16-9-6-10-21(16)2)17(12-22(14)18)15-7-4-3-5-8-15/h3-11,17H,12-13H2,1-2H3/t17-/m1/s1. The van der Waals surface area contributed by atoms with Crippen LogP contribution < -0.4 is 0 Å². The van der Waals surface area contributed by atoms with Gasteiger partial charge in [0.1, 0.15) is 11.5 Å². The highest BCUT2D eigenvalue weighted by Gasteiger charge is 2.33. The number of aromatic nitrogens is 3. The molecular weight excluding hydrogens is 300 g/mol. The van der Waals surface area contributed by atoms with E-state index in [9.17, 15) is 4.79 Å². The number of nitrogens with zero attached hydrogens (tertiary/aromatic N) is 4. The first-order chi connectivity index (χ1) is 11.6. The van der Waals surface area contributed by atoms with E-state index in [1.807, 2.05) is 59.2 Å². The Morgan fingerprint density at radius 1 is 1.17 bits per heavy atom. The Kier molecular flexibility index (Phi) is 3.49. The Labute approximate surface area is 141 Å². The molecule has 0 bridgehead atoms. The smallest absolute Gasteiger partial charge is 0.271 e. The van der Waals surface area contributed by atoms with Crippen molar-refractivity contribution in [1.29, 1.82) is 0 Å². The maximum Gasteiger partial charge on any atom is 0.271 e. The summed E-state index contributed by atoms with van der Waals surface area (Å²) in [4.78, 5) is 19.6. The van der Waals surface area contributed by atoms with Crippen LogP contribution in [0.4, 0.5) is 0 Å². The normalized spacial score (nSPS) is 16.9. The molecule has 0 radical (unpaired) electrons. The predicted molar refractivity (Wildman–Crippen MR) is 91.4 cm³/mol. The predicted octanol–water partition coefficient (Wildman–Crippen LogP) is 2.93. The lowest BCUT2D eigenvalue weighted by atomic mass is 10.0. The van der Waals surface area contributed by atoms with E-state index in [1.165, 1.54) is 0 Å². The zero-order valence-electron chi connectivity index (χ0n) is 13.9. The van der Waals surface area contributed by atoms with E-state index in [0.717, 1.165) is 23.6 Å². The van der Waals surface area contributed by atoms with Crippen LogP contribution in [0, 0.1) is 6.92 Å². The van der Waals surface area contributed by atoms with Gasteiger partial charge in [-0.05, 0) is 24.6 Å². The van der Waals surface area contributed by atoms with Crippen molar-refractivity contribution in [3.63, 3.8) is 0 Å². The van der Waals surface area contributed by atoms with Crippen molar-refractivity contribution in [2.45, 2.75) is 26.1 Å². The van der Waals surface area contributed by atoms with Crippen LogP contribution in [0.15, 0.2) is 54.9 Å². The molecule has 0 aliphatic carbocycles. The van der Waals surface area contributed by atoms with Gasteiger partial charge in [-0.3, -0.25) is 4.79 Å². The number of hydrogen-bond acceptors (Lipinski definition) is 2. The molecule has 0 unspecified atom stereocenters. The molecular formula is C19H20N4O. The molecule has 0 spiro atoms. The third-order valence-electron chi connectivity index (χ3n) is 4.79. The van der Waals surface area contributed by atoms with Crippen molar-refractivity contribution in [3.05, 3.63) is 77.6 Å². The molecule has 1 aliphatic rings. The number of amides is 1. The first-order valence-corrected chi connectivity index (χ1v) is 8.13.